The maximum atomic E-state index is 6.33. The second kappa shape index (κ2) is 9.54. The number of pyridine rings is 1. The van der Waals surface area contributed by atoms with Gasteiger partial charge in [-0.05, 0) is 49.6 Å². The van der Waals surface area contributed by atoms with E-state index in [0.717, 1.165) is 53.1 Å². The first-order valence-electron chi connectivity index (χ1n) is 11.8. The minimum atomic E-state index is 0.450. The van der Waals surface area contributed by atoms with Crippen molar-refractivity contribution in [2.75, 3.05) is 25.0 Å². The van der Waals surface area contributed by atoms with Crippen LogP contribution in [0.4, 0.5) is 5.69 Å². The molecule has 1 saturated heterocycles. The van der Waals surface area contributed by atoms with Gasteiger partial charge >= 0.3 is 0 Å². The van der Waals surface area contributed by atoms with Crippen LogP contribution >= 0.6 is 11.6 Å². The lowest BCUT2D eigenvalue weighted by Gasteiger charge is -2.40. The third-order valence-electron chi connectivity index (χ3n) is 7.08. The Kier molecular flexibility index (Phi) is 6.34. The first-order chi connectivity index (χ1) is 16.1. The zero-order chi connectivity index (χ0) is 22.8. The van der Waals surface area contributed by atoms with Crippen molar-refractivity contribution in [3.8, 4) is 11.3 Å². The molecule has 0 amide bonds. The summed E-state index contributed by atoms with van der Waals surface area (Å²) in [6.45, 7) is 4.53. The van der Waals surface area contributed by atoms with Crippen molar-refractivity contribution in [1.29, 1.82) is 0 Å². The predicted molar refractivity (Wildman–Crippen MR) is 140 cm³/mol. The number of aromatic nitrogens is 1. The Balaban J connectivity index is 1.41. The minimum absolute atomic E-state index is 0.450. The number of fused-ring (bicyclic) bond motifs is 1. The average Bonchev–Trinajstić information content (AvgIpc) is 2.88. The van der Waals surface area contributed by atoms with E-state index >= 15 is 0 Å². The Morgan fingerprint density at radius 2 is 1.58 bits per heavy atom. The lowest BCUT2D eigenvalue weighted by atomic mass is 9.98. The van der Waals surface area contributed by atoms with Gasteiger partial charge in [-0.15, -0.1) is 0 Å². The van der Waals surface area contributed by atoms with Crippen molar-refractivity contribution >= 4 is 28.2 Å². The van der Waals surface area contributed by atoms with Gasteiger partial charge < -0.3 is 4.90 Å². The van der Waals surface area contributed by atoms with Gasteiger partial charge in [0.2, 0.25) is 0 Å². The number of nitrogens with zero attached hydrogens (tertiary/aromatic N) is 3. The fraction of sp³-hybridized carbons (Fsp3) is 0.276. The molecule has 0 bridgehead atoms. The van der Waals surface area contributed by atoms with Crippen LogP contribution < -0.4 is 4.90 Å². The highest BCUT2D eigenvalue weighted by molar-refractivity contribution is 6.31. The highest BCUT2D eigenvalue weighted by atomic mass is 35.5. The summed E-state index contributed by atoms with van der Waals surface area (Å²) in [7, 11) is 2.24. The summed E-state index contributed by atoms with van der Waals surface area (Å²) in [4.78, 5) is 10.0. The number of rotatable bonds is 5. The third kappa shape index (κ3) is 4.62. The summed E-state index contributed by atoms with van der Waals surface area (Å²) in [5.41, 5.74) is 5.68. The van der Waals surface area contributed by atoms with E-state index in [9.17, 15) is 0 Å². The highest BCUT2D eigenvalue weighted by Gasteiger charge is 2.27. The van der Waals surface area contributed by atoms with Crippen molar-refractivity contribution in [3.63, 3.8) is 0 Å². The molecule has 168 valence electrons. The van der Waals surface area contributed by atoms with Crippen LogP contribution in [0.15, 0.2) is 84.9 Å². The number of likely N-dealkylation sites (tertiary alicyclic amines) is 1. The summed E-state index contributed by atoms with van der Waals surface area (Å²) < 4.78 is 0. The molecule has 3 aromatic carbocycles. The van der Waals surface area contributed by atoms with Gasteiger partial charge in [-0.25, -0.2) is 4.98 Å². The van der Waals surface area contributed by atoms with Crippen LogP contribution in [0.25, 0.3) is 22.2 Å². The largest absolute Gasteiger partial charge is 0.371 e. The van der Waals surface area contributed by atoms with Gasteiger partial charge in [0.1, 0.15) is 0 Å². The van der Waals surface area contributed by atoms with E-state index in [1.54, 1.807) is 0 Å². The van der Waals surface area contributed by atoms with Gasteiger partial charge in [-0.2, -0.15) is 0 Å². The quantitative estimate of drug-likeness (QED) is 0.316. The summed E-state index contributed by atoms with van der Waals surface area (Å²) in [6.07, 6.45) is 2.29. The highest BCUT2D eigenvalue weighted by Crippen LogP contribution is 2.35. The molecular formula is C29H30ClN3. The number of hydrogen-bond donors (Lipinski definition) is 0. The Morgan fingerprint density at radius 1 is 0.909 bits per heavy atom. The fourth-order valence-corrected chi connectivity index (χ4v) is 5.20. The molecule has 5 rings (SSSR count). The second-order valence-corrected chi connectivity index (χ2v) is 9.46. The van der Waals surface area contributed by atoms with Gasteiger partial charge in [0.05, 0.1) is 11.2 Å². The number of piperidine rings is 1. The zero-order valence-corrected chi connectivity index (χ0v) is 20.0. The number of benzene rings is 3. The lowest BCUT2D eigenvalue weighted by Crippen LogP contribution is -2.44. The topological polar surface area (TPSA) is 19.4 Å². The SMILES string of the molecule is CC(c1ccccc1)N1CCC(N(C)c2cc(-c3ccccc3)nc3cc(Cl)ccc23)CC1. The first kappa shape index (κ1) is 21.9. The molecule has 0 aliphatic carbocycles. The van der Waals surface area contributed by atoms with E-state index in [2.05, 4.69) is 90.5 Å². The molecule has 2 heterocycles. The van der Waals surface area contributed by atoms with Gasteiger partial charge in [-0.3, -0.25) is 4.90 Å². The van der Waals surface area contributed by atoms with E-state index in [4.69, 9.17) is 16.6 Å². The monoisotopic (exact) mass is 455 g/mol. The molecule has 0 radical (unpaired) electrons. The van der Waals surface area contributed by atoms with Gasteiger partial charge in [0, 0.05) is 53.9 Å². The molecule has 1 aliphatic rings. The molecule has 4 heteroatoms. The lowest BCUT2D eigenvalue weighted by molar-refractivity contribution is 0.162. The standard InChI is InChI=1S/C29H30ClN3/c1-21(22-9-5-3-6-10-22)33-17-15-25(16-18-33)32(2)29-20-27(23-11-7-4-8-12-23)31-28-19-24(30)13-14-26(28)29/h3-14,19-21,25H,15-18H2,1-2H3. The first-order valence-corrected chi connectivity index (χ1v) is 12.2. The molecule has 0 saturated carbocycles. The summed E-state index contributed by atoms with van der Waals surface area (Å²) in [6, 6.07) is 30.5. The molecule has 33 heavy (non-hydrogen) atoms. The predicted octanol–water partition coefficient (Wildman–Crippen LogP) is 7.22. The molecule has 0 N–H and O–H groups in total. The molecule has 1 aliphatic heterocycles. The van der Waals surface area contributed by atoms with Crippen molar-refractivity contribution in [2.45, 2.75) is 31.8 Å². The van der Waals surface area contributed by atoms with E-state index in [0.29, 0.717) is 12.1 Å². The number of anilines is 1. The van der Waals surface area contributed by atoms with Crippen LogP contribution in [0.1, 0.15) is 31.4 Å². The average molecular weight is 456 g/mol. The van der Waals surface area contributed by atoms with Crippen LogP contribution in [-0.2, 0) is 0 Å². The Morgan fingerprint density at radius 3 is 2.27 bits per heavy atom. The van der Waals surface area contributed by atoms with Gasteiger partial charge in [0.15, 0.2) is 0 Å². The molecule has 1 atom stereocenters. The Labute approximate surface area is 201 Å². The van der Waals surface area contributed by atoms with Gasteiger partial charge in [0.25, 0.3) is 0 Å². The molecule has 1 aromatic heterocycles. The number of hydrogen-bond acceptors (Lipinski definition) is 3. The van der Waals surface area contributed by atoms with Crippen molar-refractivity contribution < 1.29 is 0 Å². The summed E-state index contributed by atoms with van der Waals surface area (Å²) >= 11 is 6.33. The Hall–Kier alpha value is -2.88. The normalized spacial score (nSPS) is 16.1. The molecular weight excluding hydrogens is 426 g/mol. The molecule has 1 fully saturated rings. The van der Waals surface area contributed by atoms with Gasteiger partial charge in [-0.1, -0.05) is 72.3 Å². The maximum Gasteiger partial charge on any atom is 0.0745 e. The zero-order valence-electron chi connectivity index (χ0n) is 19.3. The Bertz CT molecular complexity index is 1220. The van der Waals surface area contributed by atoms with Crippen LogP contribution in [0.5, 0.6) is 0 Å². The summed E-state index contributed by atoms with van der Waals surface area (Å²) in [5.74, 6) is 0. The molecule has 0 spiro atoms. The van der Waals surface area contributed by atoms with E-state index in [1.165, 1.54) is 11.3 Å². The van der Waals surface area contributed by atoms with Crippen molar-refractivity contribution in [3.05, 3.63) is 95.5 Å². The molecule has 1 unspecified atom stereocenters. The third-order valence-corrected chi connectivity index (χ3v) is 7.31. The van der Waals surface area contributed by atoms with Crippen LogP contribution in [0.3, 0.4) is 0 Å². The van der Waals surface area contributed by atoms with E-state index < -0.39 is 0 Å². The fourth-order valence-electron chi connectivity index (χ4n) is 5.03. The molecule has 4 aromatic rings. The van der Waals surface area contributed by atoms with Crippen molar-refractivity contribution in [2.24, 2.45) is 0 Å². The summed E-state index contributed by atoms with van der Waals surface area (Å²) in [5, 5.41) is 1.87. The minimum Gasteiger partial charge on any atom is -0.371 e. The smallest absolute Gasteiger partial charge is 0.0745 e. The van der Waals surface area contributed by atoms with Crippen LogP contribution in [0, 0.1) is 0 Å². The molecule has 3 nitrogen and oxygen atoms in total. The number of halogens is 1. The van der Waals surface area contributed by atoms with E-state index in [1.807, 2.05) is 18.2 Å². The maximum absolute atomic E-state index is 6.33. The van der Waals surface area contributed by atoms with E-state index in [-0.39, 0.29) is 0 Å². The van der Waals surface area contributed by atoms with Crippen LogP contribution in [0.2, 0.25) is 5.02 Å². The second-order valence-electron chi connectivity index (χ2n) is 9.02. The van der Waals surface area contributed by atoms with Crippen molar-refractivity contribution in [1.82, 2.24) is 9.88 Å². The van der Waals surface area contributed by atoms with Crippen LogP contribution in [-0.4, -0.2) is 36.1 Å².